The lowest BCUT2D eigenvalue weighted by atomic mass is 9.87. The summed E-state index contributed by atoms with van der Waals surface area (Å²) >= 11 is 7.97. The first-order chi connectivity index (χ1) is 23.0. The number of benzene rings is 2. The van der Waals surface area contributed by atoms with Gasteiger partial charge in [0.05, 0.1) is 47.4 Å². The maximum absolute atomic E-state index is 15.5. The molecule has 2 saturated heterocycles. The molecule has 3 N–H and O–H groups in total. The van der Waals surface area contributed by atoms with Gasteiger partial charge in [-0.3, -0.25) is 24.1 Å². The summed E-state index contributed by atoms with van der Waals surface area (Å²) in [6, 6.07) is 9.96. The monoisotopic (exact) mass is 698 g/mol. The SMILES string of the molecule is CC(=O)NC1CCN([C@H]2C[C@@H](COC3CCC(C(=O)O)CC3)N(C(=O)Cc3cc(Cl)c(NC(=O)c4csc5ccccc45)cc3F)C2)C1. The second-order valence-corrected chi connectivity index (χ2v) is 14.4. The molecule has 3 atom stereocenters. The molecule has 2 aliphatic heterocycles. The number of anilines is 1. The van der Waals surface area contributed by atoms with Crippen LogP contribution in [0, 0.1) is 11.7 Å². The van der Waals surface area contributed by atoms with Crippen molar-refractivity contribution in [1.82, 2.24) is 15.1 Å². The third kappa shape index (κ3) is 7.83. The zero-order chi connectivity index (χ0) is 33.9. The Balaban J connectivity index is 1.13. The lowest BCUT2D eigenvalue weighted by Gasteiger charge is -2.30. The van der Waals surface area contributed by atoms with Gasteiger partial charge in [0.2, 0.25) is 11.8 Å². The number of carboxylic acid groups (broad SMARTS) is 1. The number of amides is 3. The molecule has 48 heavy (non-hydrogen) atoms. The van der Waals surface area contributed by atoms with Gasteiger partial charge in [0, 0.05) is 54.1 Å². The van der Waals surface area contributed by atoms with Crippen LogP contribution in [0.15, 0.2) is 41.8 Å². The van der Waals surface area contributed by atoms with E-state index in [4.69, 9.17) is 16.3 Å². The fourth-order valence-corrected chi connectivity index (χ4v) is 8.47. The maximum Gasteiger partial charge on any atom is 0.306 e. The number of ether oxygens (including phenoxy) is 1. The molecule has 6 rings (SSSR count). The molecule has 3 aromatic rings. The Kier molecular flexibility index (Phi) is 10.6. The van der Waals surface area contributed by atoms with Gasteiger partial charge >= 0.3 is 5.97 Å². The summed E-state index contributed by atoms with van der Waals surface area (Å²) in [7, 11) is 0. The number of aliphatic carboxylic acids is 1. The van der Waals surface area contributed by atoms with Crippen molar-refractivity contribution in [3.05, 3.63) is 63.7 Å². The second-order valence-electron chi connectivity index (χ2n) is 13.1. The number of thiophene rings is 1. The highest BCUT2D eigenvalue weighted by Gasteiger charge is 2.41. The Bertz CT molecular complexity index is 1690. The fourth-order valence-electron chi connectivity index (χ4n) is 7.29. The van der Waals surface area contributed by atoms with E-state index in [0.29, 0.717) is 57.4 Å². The molecule has 10 nitrogen and oxygen atoms in total. The van der Waals surface area contributed by atoms with Gasteiger partial charge in [0.15, 0.2) is 0 Å². The summed E-state index contributed by atoms with van der Waals surface area (Å²) in [6.07, 6.45) is 3.65. The quantitative estimate of drug-likeness (QED) is 0.261. The Morgan fingerprint density at radius 1 is 1.08 bits per heavy atom. The average Bonchev–Trinajstić information content (AvgIpc) is 3.81. The number of likely N-dealkylation sites (tertiary alicyclic amines) is 2. The number of nitrogens with zero attached hydrogens (tertiary/aromatic N) is 2. The molecule has 3 heterocycles. The van der Waals surface area contributed by atoms with Gasteiger partial charge in [-0.1, -0.05) is 29.8 Å². The van der Waals surface area contributed by atoms with Gasteiger partial charge in [-0.05, 0) is 62.3 Å². The van der Waals surface area contributed by atoms with Crippen LogP contribution in [0.25, 0.3) is 10.1 Å². The Morgan fingerprint density at radius 3 is 2.60 bits per heavy atom. The van der Waals surface area contributed by atoms with Crippen LogP contribution in [-0.4, -0.2) is 89.1 Å². The minimum Gasteiger partial charge on any atom is -0.481 e. The Labute approximate surface area is 287 Å². The number of carbonyl (C=O) groups excluding carboxylic acids is 3. The lowest BCUT2D eigenvalue weighted by Crippen LogP contribution is -2.42. The largest absolute Gasteiger partial charge is 0.481 e. The van der Waals surface area contributed by atoms with Gasteiger partial charge in [0.25, 0.3) is 5.91 Å². The highest BCUT2D eigenvalue weighted by atomic mass is 35.5. The first-order valence-electron chi connectivity index (χ1n) is 16.5. The van der Waals surface area contributed by atoms with Crippen LogP contribution in [0.3, 0.4) is 0 Å². The summed E-state index contributed by atoms with van der Waals surface area (Å²) in [5.41, 5.74) is 0.726. The molecular formula is C35H40ClFN4O6S. The Morgan fingerprint density at radius 2 is 1.85 bits per heavy atom. The number of halogens is 2. The summed E-state index contributed by atoms with van der Waals surface area (Å²) in [5, 5.41) is 17.7. The molecule has 3 aliphatic rings. The molecule has 1 aliphatic carbocycles. The van der Waals surface area contributed by atoms with Crippen molar-refractivity contribution in [2.24, 2.45) is 5.92 Å². The molecule has 1 unspecified atom stereocenters. The van der Waals surface area contributed by atoms with Crippen LogP contribution >= 0.6 is 22.9 Å². The standard InChI is InChI=1S/C35H40ClFN4O6S/c1-20(42)38-23-10-11-40(16-23)24-14-25(18-47-26-8-6-21(7-9-26)35(45)46)41(17-24)33(43)13-22-12-29(36)31(15-30(22)37)39-34(44)28-19-48-32-5-3-2-4-27(28)32/h2-5,12,15,19,21,23-26H,6-11,13-14,16-18H2,1H3,(H,38,42)(H,39,44)(H,45,46)/t21?,23?,24-,25-,26?/m0/s1. The number of carbonyl (C=O) groups is 4. The normalized spacial score (nSPS) is 24.6. The maximum atomic E-state index is 15.5. The molecule has 0 bridgehead atoms. The van der Waals surface area contributed by atoms with Crippen molar-refractivity contribution in [2.75, 3.05) is 31.6 Å². The van der Waals surface area contributed by atoms with Crippen molar-refractivity contribution >= 4 is 62.4 Å². The van der Waals surface area contributed by atoms with Crippen molar-refractivity contribution in [1.29, 1.82) is 0 Å². The van der Waals surface area contributed by atoms with E-state index in [-0.39, 0.29) is 64.7 Å². The molecule has 3 amide bonds. The van der Waals surface area contributed by atoms with Crippen LogP contribution in [-0.2, 0) is 25.5 Å². The van der Waals surface area contributed by atoms with Crippen LogP contribution in [0.1, 0.15) is 61.4 Å². The van der Waals surface area contributed by atoms with Crippen LogP contribution < -0.4 is 10.6 Å². The smallest absolute Gasteiger partial charge is 0.306 e. The highest BCUT2D eigenvalue weighted by Crippen LogP contribution is 2.32. The molecule has 3 fully saturated rings. The van der Waals surface area contributed by atoms with Crippen LogP contribution in [0.4, 0.5) is 10.1 Å². The number of nitrogens with one attached hydrogen (secondary N) is 2. The minimum absolute atomic E-state index is 0.0556. The van der Waals surface area contributed by atoms with Gasteiger partial charge in [-0.15, -0.1) is 11.3 Å². The summed E-state index contributed by atoms with van der Waals surface area (Å²) in [6.45, 7) is 3.75. The zero-order valence-electron chi connectivity index (χ0n) is 26.8. The van der Waals surface area contributed by atoms with E-state index in [1.54, 1.807) is 10.3 Å². The fraction of sp³-hybridized carbons (Fsp3) is 0.486. The first-order valence-corrected chi connectivity index (χ1v) is 17.7. The topological polar surface area (TPSA) is 128 Å². The predicted molar refractivity (Wildman–Crippen MR) is 182 cm³/mol. The van der Waals surface area contributed by atoms with Gasteiger partial charge in [-0.25, -0.2) is 4.39 Å². The van der Waals surface area contributed by atoms with Crippen molar-refractivity contribution in [3.8, 4) is 0 Å². The molecule has 0 spiro atoms. The minimum atomic E-state index is -0.772. The van der Waals surface area contributed by atoms with E-state index >= 15 is 4.39 Å². The van der Waals surface area contributed by atoms with Crippen LogP contribution in [0.2, 0.25) is 5.02 Å². The zero-order valence-corrected chi connectivity index (χ0v) is 28.3. The molecule has 2 aromatic carbocycles. The van der Waals surface area contributed by atoms with Crippen LogP contribution in [0.5, 0.6) is 0 Å². The summed E-state index contributed by atoms with van der Waals surface area (Å²) in [4.78, 5) is 53.9. The molecule has 1 saturated carbocycles. The number of hydrogen-bond acceptors (Lipinski definition) is 7. The lowest BCUT2D eigenvalue weighted by molar-refractivity contribution is -0.144. The van der Waals surface area contributed by atoms with Crippen molar-refractivity contribution in [3.63, 3.8) is 0 Å². The third-order valence-electron chi connectivity index (χ3n) is 9.86. The summed E-state index contributed by atoms with van der Waals surface area (Å²) in [5.74, 6) is -2.49. The number of carboxylic acids is 1. The van der Waals surface area contributed by atoms with Crippen molar-refractivity contribution in [2.45, 2.75) is 76.1 Å². The van der Waals surface area contributed by atoms with E-state index in [1.807, 2.05) is 24.3 Å². The van der Waals surface area contributed by atoms with E-state index < -0.39 is 17.7 Å². The van der Waals surface area contributed by atoms with Gasteiger partial charge < -0.3 is 25.4 Å². The van der Waals surface area contributed by atoms with Gasteiger partial charge in [-0.2, -0.15) is 0 Å². The van der Waals surface area contributed by atoms with E-state index in [0.717, 1.165) is 29.1 Å². The van der Waals surface area contributed by atoms with E-state index in [2.05, 4.69) is 15.5 Å². The molecule has 1 aromatic heterocycles. The molecule has 13 heteroatoms. The second kappa shape index (κ2) is 14.9. The first kappa shape index (κ1) is 34.3. The van der Waals surface area contributed by atoms with Gasteiger partial charge in [0.1, 0.15) is 5.82 Å². The van der Waals surface area contributed by atoms with Crippen molar-refractivity contribution < 1.29 is 33.4 Å². The predicted octanol–water partition coefficient (Wildman–Crippen LogP) is 5.33. The number of hydrogen-bond donors (Lipinski definition) is 3. The molecular weight excluding hydrogens is 659 g/mol. The number of fused-ring (bicyclic) bond motifs is 1. The average molecular weight is 699 g/mol. The van der Waals surface area contributed by atoms with E-state index in [1.165, 1.54) is 24.3 Å². The highest BCUT2D eigenvalue weighted by molar-refractivity contribution is 7.17. The molecule has 256 valence electrons. The number of rotatable bonds is 10. The third-order valence-corrected chi connectivity index (χ3v) is 11.1. The molecule has 0 radical (unpaired) electrons. The Hall–Kier alpha value is -3.58. The van der Waals surface area contributed by atoms with E-state index in [9.17, 15) is 24.3 Å². The summed E-state index contributed by atoms with van der Waals surface area (Å²) < 4.78 is 22.7.